The van der Waals surface area contributed by atoms with Crippen LogP contribution in [0.3, 0.4) is 0 Å². The van der Waals surface area contributed by atoms with Crippen molar-refractivity contribution in [3.05, 3.63) is 40.9 Å². The van der Waals surface area contributed by atoms with Gasteiger partial charge in [-0.05, 0) is 13.0 Å². The first kappa shape index (κ1) is 11.8. The minimum Gasteiger partial charge on any atom is -0.463 e. The van der Waals surface area contributed by atoms with Crippen molar-refractivity contribution in [2.75, 3.05) is 18.5 Å². The summed E-state index contributed by atoms with van der Waals surface area (Å²) in [6.45, 7) is -1.49. The van der Waals surface area contributed by atoms with Crippen molar-refractivity contribution in [3.63, 3.8) is 0 Å². The van der Waals surface area contributed by atoms with E-state index in [9.17, 15) is 18.4 Å². The smallest absolute Gasteiger partial charge is 0.330 e. The topological polar surface area (TPSA) is 46.6 Å². The number of benzene rings is 1. The maximum absolute atomic E-state index is 13.8. The largest absolute Gasteiger partial charge is 0.463 e. The maximum atomic E-state index is 13.8. The second-order valence-electron chi connectivity index (χ2n) is 3.48. The molecule has 1 amide bonds. The van der Waals surface area contributed by atoms with Gasteiger partial charge in [0.05, 0.1) is 17.3 Å². The van der Waals surface area contributed by atoms with E-state index in [0.29, 0.717) is 24.3 Å². The normalized spacial score (nSPS) is 13.5. The molecule has 0 aliphatic rings. The van der Waals surface area contributed by atoms with Crippen molar-refractivity contribution >= 4 is 29.2 Å². The molecule has 20 heavy (non-hydrogen) atoms. The van der Waals surface area contributed by atoms with E-state index in [2.05, 4.69) is 4.74 Å². The number of hydrogen-bond donors (Lipinski definition) is 0. The van der Waals surface area contributed by atoms with E-state index >= 15 is 0 Å². The molecule has 0 aliphatic heterocycles. The van der Waals surface area contributed by atoms with Crippen LogP contribution in [-0.2, 0) is 14.3 Å². The lowest BCUT2D eigenvalue weighted by molar-refractivity contribution is -0.137. The number of hydrogen-bond acceptors (Lipinski definition) is 3. The van der Waals surface area contributed by atoms with Crippen LogP contribution in [0.5, 0.6) is 0 Å². The molecule has 0 spiro atoms. The zero-order chi connectivity index (χ0) is 17.8. The van der Waals surface area contributed by atoms with E-state index < -0.39 is 41.2 Å². The molecule has 0 radical (unpaired) electrons. The highest BCUT2D eigenvalue weighted by atomic mass is 35.5. The first-order valence-corrected chi connectivity index (χ1v) is 5.79. The molecule has 0 unspecified atom stereocenters. The third-order valence-corrected chi connectivity index (χ3v) is 2.39. The first-order valence-electron chi connectivity index (χ1n) is 6.91. The summed E-state index contributed by atoms with van der Waals surface area (Å²) in [5.74, 6) is -4.49. The number of ether oxygens (including phenoxy) is 1. The molecule has 0 bridgehead atoms. The van der Waals surface area contributed by atoms with Gasteiger partial charge in [-0.2, -0.15) is 0 Å². The molecule has 7 heteroatoms. The number of nitrogens with zero attached hydrogens (tertiary/aromatic N) is 1. The highest BCUT2D eigenvalue weighted by Gasteiger charge is 2.16. The number of likely N-dealkylation sites (N-methyl/N-ethyl adjacent to an activating group) is 1. The number of halogens is 3. The fourth-order valence-corrected chi connectivity index (χ4v) is 1.36. The van der Waals surface area contributed by atoms with Crippen LogP contribution in [0.25, 0.3) is 0 Å². The summed E-state index contributed by atoms with van der Waals surface area (Å²) in [6, 6.07) is 1.04. The van der Waals surface area contributed by atoms with E-state index in [1.54, 1.807) is 0 Å². The number of carbonyl (C=O) groups is 2. The minimum absolute atomic E-state index is 0.0581. The summed E-state index contributed by atoms with van der Waals surface area (Å²) >= 11 is 5.50. The SMILES string of the molecule is [2H]C([2H])([2H])N(C(=O)/C=C\C(=O)OCC)c1cc(Cl)c(F)cc1F. The second-order valence-corrected chi connectivity index (χ2v) is 3.88. The Morgan fingerprint density at radius 1 is 1.40 bits per heavy atom. The third kappa shape index (κ3) is 4.03. The monoisotopic (exact) mass is 306 g/mol. The predicted molar refractivity (Wildman–Crippen MR) is 70.6 cm³/mol. The number of rotatable bonds is 4. The summed E-state index contributed by atoms with van der Waals surface area (Å²) in [6.07, 6.45) is 1.31. The Morgan fingerprint density at radius 3 is 2.70 bits per heavy atom. The number of amides is 1. The van der Waals surface area contributed by atoms with Gasteiger partial charge in [0, 0.05) is 29.3 Å². The lowest BCUT2D eigenvalue weighted by Crippen LogP contribution is -2.25. The van der Waals surface area contributed by atoms with Crippen LogP contribution in [0.15, 0.2) is 24.3 Å². The van der Waals surface area contributed by atoms with Gasteiger partial charge in [-0.15, -0.1) is 0 Å². The molecule has 1 rings (SSSR count). The van der Waals surface area contributed by atoms with E-state index in [1.807, 2.05) is 0 Å². The van der Waals surface area contributed by atoms with Crippen LogP contribution in [-0.4, -0.2) is 25.5 Å². The van der Waals surface area contributed by atoms with Gasteiger partial charge in [-0.25, -0.2) is 13.6 Å². The Labute approximate surface area is 123 Å². The van der Waals surface area contributed by atoms with Crippen LogP contribution < -0.4 is 4.90 Å². The van der Waals surface area contributed by atoms with Crippen molar-refractivity contribution in [2.45, 2.75) is 6.92 Å². The molecule has 0 N–H and O–H groups in total. The van der Waals surface area contributed by atoms with Crippen molar-refractivity contribution in [1.82, 2.24) is 0 Å². The van der Waals surface area contributed by atoms with Gasteiger partial charge >= 0.3 is 5.97 Å². The minimum atomic E-state index is -3.09. The van der Waals surface area contributed by atoms with Gasteiger partial charge in [0.2, 0.25) is 0 Å². The average molecular weight is 307 g/mol. The highest BCUT2D eigenvalue weighted by molar-refractivity contribution is 6.31. The molecule has 0 aliphatic carbocycles. The van der Waals surface area contributed by atoms with Crippen LogP contribution in [0.2, 0.25) is 5.02 Å². The Kier molecular flexibility index (Phi) is 4.14. The first-order chi connectivity index (χ1) is 10.6. The summed E-state index contributed by atoms with van der Waals surface area (Å²) in [5, 5.41) is -0.558. The zero-order valence-corrected chi connectivity index (χ0v) is 11.1. The molecule has 1 aromatic rings. The molecule has 0 saturated heterocycles. The Balaban J connectivity index is 3.24. The molecule has 0 atom stereocenters. The van der Waals surface area contributed by atoms with Crippen LogP contribution in [0.1, 0.15) is 11.0 Å². The molecule has 108 valence electrons. The van der Waals surface area contributed by atoms with Gasteiger partial charge in [0.25, 0.3) is 5.91 Å². The number of anilines is 1. The van der Waals surface area contributed by atoms with Gasteiger partial charge in [-0.3, -0.25) is 4.79 Å². The fraction of sp³-hybridized carbons (Fsp3) is 0.231. The van der Waals surface area contributed by atoms with E-state index in [0.717, 1.165) is 0 Å². The van der Waals surface area contributed by atoms with Gasteiger partial charge < -0.3 is 9.64 Å². The van der Waals surface area contributed by atoms with Crippen molar-refractivity contribution in [3.8, 4) is 0 Å². The molecule has 0 fully saturated rings. The average Bonchev–Trinajstić information content (AvgIpc) is 2.41. The molecule has 0 saturated carbocycles. The maximum Gasteiger partial charge on any atom is 0.330 e. The van der Waals surface area contributed by atoms with Crippen LogP contribution in [0, 0.1) is 11.6 Å². The summed E-state index contributed by atoms with van der Waals surface area (Å²) in [4.78, 5) is 23.3. The molecule has 0 aromatic heterocycles. The molecule has 1 aromatic carbocycles. The quantitative estimate of drug-likeness (QED) is 0.488. The standard InChI is InChI=1S/C13H12ClF2NO3/c1-3-20-13(19)5-4-12(18)17(2)11-6-8(14)9(15)7-10(11)16/h4-7H,3H2,1-2H3/b5-4-/i2D3. The fourth-order valence-electron chi connectivity index (χ4n) is 1.21. The molecular formula is C13H12ClF2NO3. The summed E-state index contributed by atoms with van der Waals surface area (Å²) in [5.41, 5.74) is -0.741. The number of carbonyl (C=O) groups excluding carboxylic acids is 2. The Hall–Kier alpha value is -1.95. The summed E-state index contributed by atoms with van der Waals surface area (Å²) in [7, 11) is 0. The van der Waals surface area contributed by atoms with Crippen molar-refractivity contribution in [1.29, 1.82) is 0 Å². The Morgan fingerprint density at radius 2 is 2.10 bits per heavy atom. The molecule has 4 nitrogen and oxygen atoms in total. The van der Waals surface area contributed by atoms with E-state index in [4.69, 9.17) is 15.7 Å². The summed E-state index contributed by atoms with van der Waals surface area (Å²) < 4.78 is 53.5. The predicted octanol–water partition coefficient (Wildman–Crippen LogP) is 2.70. The van der Waals surface area contributed by atoms with E-state index in [1.165, 1.54) is 6.92 Å². The molecule has 0 heterocycles. The van der Waals surface area contributed by atoms with Crippen LogP contribution >= 0.6 is 11.6 Å². The van der Waals surface area contributed by atoms with Crippen molar-refractivity contribution < 1.29 is 27.2 Å². The number of esters is 1. The van der Waals surface area contributed by atoms with E-state index in [-0.39, 0.29) is 11.5 Å². The lowest BCUT2D eigenvalue weighted by Gasteiger charge is -2.16. The molecular weight excluding hydrogens is 292 g/mol. The van der Waals surface area contributed by atoms with Gasteiger partial charge in [-0.1, -0.05) is 11.6 Å². The zero-order valence-electron chi connectivity index (χ0n) is 13.3. The van der Waals surface area contributed by atoms with Gasteiger partial charge in [0.15, 0.2) is 0 Å². The van der Waals surface area contributed by atoms with Crippen molar-refractivity contribution in [2.24, 2.45) is 0 Å². The third-order valence-electron chi connectivity index (χ3n) is 2.10. The van der Waals surface area contributed by atoms with Gasteiger partial charge in [0.1, 0.15) is 11.6 Å². The lowest BCUT2D eigenvalue weighted by atomic mass is 10.2. The Bertz CT molecular complexity index is 650. The van der Waals surface area contributed by atoms with Crippen LogP contribution in [0.4, 0.5) is 14.5 Å². The second kappa shape index (κ2) is 7.00. The highest BCUT2D eigenvalue weighted by Crippen LogP contribution is 2.25.